The number of carbonyl (C=O) groups is 1. The number of nitrogens with zero attached hydrogens (tertiary/aromatic N) is 2. The number of aliphatic hydroxyl groups excluding tert-OH is 1. The molecule has 2 aromatic carbocycles. The molecular formula is C31H47N3O7S. The Kier molecular flexibility index (Phi) is 12.5. The first-order valence-corrected chi connectivity index (χ1v) is 16.4. The Labute approximate surface area is 251 Å². The van der Waals surface area contributed by atoms with Crippen molar-refractivity contribution in [3.05, 3.63) is 53.6 Å². The first-order valence-electron chi connectivity index (χ1n) is 14.5. The maximum atomic E-state index is 14.1. The normalized spacial score (nSPS) is 21.7. The molecule has 1 heterocycles. The van der Waals surface area contributed by atoms with Gasteiger partial charge in [-0.2, -0.15) is 0 Å². The third kappa shape index (κ3) is 10.1. The molecule has 11 heteroatoms. The Morgan fingerprint density at radius 2 is 1.88 bits per heavy atom. The predicted octanol–water partition coefficient (Wildman–Crippen LogP) is 3.99. The lowest BCUT2D eigenvalue weighted by atomic mass is 10.0. The quantitative estimate of drug-likeness (QED) is 0.441. The van der Waals surface area contributed by atoms with Gasteiger partial charge in [-0.25, -0.2) is 8.42 Å². The van der Waals surface area contributed by atoms with E-state index in [2.05, 4.69) is 23.6 Å². The van der Waals surface area contributed by atoms with E-state index in [1.165, 1.54) is 6.07 Å². The molecule has 0 bridgehead atoms. The highest BCUT2D eigenvalue weighted by molar-refractivity contribution is 7.92. The van der Waals surface area contributed by atoms with Crippen LogP contribution in [0.4, 0.5) is 5.69 Å². The Balaban J connectivity index is 1.90. The molecule has 2 N–H and O–H groups in total. The average Bonchev–Trinajstić information content (AvgIpc) is 2.94. The van der Waals surface area contributed by atoms with E-state index in [0.717, 1.165) is 43.4 Å². The number of fused-ring (bicyclic) bond motifs is 1. The van der Waals surface area contributed by atoms with Gasteiger partial charge in [-0.1, -0.05) is 19.1 Å². The number of amides is 1. The number of likely N-dealkylation sites (N-methyl/N-ethyl adjacent to an activating group) is 1. The minimum absolute atomic E-state index is 0.0650. The van der Waals surface area contributed by atoms with Crippen LogP contribution in [0.15, 0.2) is 42.5 Å². The van der Waals surface area contributed by atoms with Gasteiger partial charge in [-0.05, 0) is 76.1 Å². The zero-order valence-corrected chi connectivity index (χ0v) is 26.5. The third-order valence-corrected chi connectivity index (χ3v) is 8.06. The topological polar surface area (TPSA) is 118 Å². The molecule has 4 atom stereocenters. The molecule has 0 saturated heterocycles. The lowest BCUT2D eigenvalue weighted by Crippen LogP contribution is -2.47. The molecule has 1 amide bonds. The second kappa shape index (κ2) is 15.6. The van der Waals surface area contributed by atoms with Crippen molar-refractivity contribution in [3.8, 4) is 11.5 Å². The second-order valence-corrected chi connectivity index (χ2v) is 13.2. The molecule has 42 heavy (non-hydrogen) atoms. The lowest BCUT2D eigenvalue weighted by Gasteiger charge is -2.36. The smallest absolute Gasteiger partial charge is 0.258 e. The SMILES string of the molecule is COc1ccc(CN(C)C[C@H]2OCCCC[C@H](C)Oc3ccc(NS(C)(=O)=O)cc3C(=O)N([C@H](C)CO)C[C@@H]2C)cc1. The van der Waals surface area contributed by atoms with Crippen molar-refractivity contribution in [2.45, 2.75) is 64.8 Å². The van der Waals surface area contributed by atoms with Crippen molar-refractivity contribution in [1.82, 2.24) is 9.80 Å². The summed E-state index contributed by atoms with van der Waals surface area (Å²) in [6.07, 6.45) is 3.28. The summed E-state index contributed by atoms with van der Waals surface area (Å²) in [5, 5.41) is 10.1. The molecule has 0 radical (unpaired) electrons. The van der Waals surface area contributed by atoms with Gasteiger partial charge in [0.25, 0.3) is 5.91 Å². The largest absolute Gasteiger partial charge is 0.497 e. The summed E-state index contributed by atoms with van der Waals surface area (Å²) in [5.41, 5.74) is 1.67. The molecule has 0 aliphatic carbocycles. The van der Waals surface area contributed by atoms with Crippen LogP contribution in [0.2, 0.25) is 0 Å². The van der Waals surface area contributed by atoms with Crippen LogP contribution in [-0.4, -0.2) is 94.2 Å². The number of hydrogen-bond donors (Lipinski definition) is 2. The molecular weight excluding hydrogens is 558 g/mol. The van der Waals surface area contributed by atoms with Crippen molar-refractivity contribution in [1.29, 1.82) is 0 Å². The van der Waals surface area contributed by atoms with Crippen LogP contribution >= 0.6 is 0 Å². The highest BCUT2D eigenvalue weighted by atomic mass is 32.2. The maximum Gasteiger partial charge on any atom is 0.258 e. The van der Waals surface area contributed by atoms with Crippen molar-refractivity contribution >= 4 is 21.6 Å². The Hall–Kier alpha value is -2.86. The molecule has 2 aromatic rings. The van der Waals surface area contributed by atoms with E-state index >= 15 is 0 Å². The number of hydrogen-bond acceptors (Lipinski definition) is 8. The Bertz CT molecular complexity index is 1260. The maximum absolute atomic E-state index is 14.1. The van der Waals surface area contributed by atoms with Gasteiger partial charge in [-0.3, -0.25) is 14.4 Å². The molecule has 0 aromatic heterocycles. The van der Waals surface area contributed by atoms with Crippen molar-refractivity contribution in [2.75, 3.05) is 51.4 Å². The zero-order valence-electron chi connectivity index (χ0n) is 25.7. The van der Waals surface area contributed by atoms with Crippen molar-refractivity contribution in [3.63, 3.8) is 0 Å². The van der Waals surface area contributed by atoms with E-state index < -0.39 is 16.1 Å². The minimum Gasteiger partial charge on any atom is -0.497 e. The molecule has 234 valence electrons. The monoisotopic (exact) mass is 605 g/mol. The summed E-state index contributed by atoms with van der Waals surface area (Å²) >= 11 is 0. The van der Waals surface area contributed by atoms with Crippen LogP contribution in [0, 0.1) is 5.92 Å². The van der Waals surface area contributed by atoms with Gasteiger partial charge in [0.2, 0.25) is 10.0 Å². The number of methoxy groups -OCH3 is 1. The van der Waals surface area contributed by atoms with E-state index in [1.54, 1.807) is 31.1 Å². The molecule has 10 nitrogen and oxygen atoms in total. The van der Waals surface area contributed by atoms with Crippen LogP contribution in [-0.2, 0) is 21.3 Å². The summed E-state index contributed by atoms with van der Waals surface area (Å²) in [6.45, 7) is 7.89. The van der Waals surface area contributed by atoms with Crippen LogP contribution in [0.3, 0.4) is 0 Å². The summed E-state index contributed by atoms with van der Waals surface area (Å²) in [7, 11) is 0.149. The third-order valence-electron chi connectivity index (χ3n) is 7.46. The molecule has 0 fully saturated rings. The van der Waals surface area contributed by atoms with Gasteiger partial charge in [-0.15, -0.1) is 0 Å². The molecule has 0 saturated carbocycles. The van der Waals surface area contributed by atoms with E-state index in [4.69, 9.17) is 14.2 Å². The minimum atomic E-state index is -3.55. The highest BCUT2D eigenvalue weighted by Crippen LogP contribution is 2.29. The number of carbonyl (C=O) groups excluding carboxylic acids is 1. The highest BCUT2D eigenvalue weighted by Gasteiger charge is 2.30. The number of ether oxygens (including phenoxy) is 3. The number of benzene rings is 2. The number of nitrogens with one attached hydrogen (secondary N) is 1. The fraction of sp³-hybridized carbons (Fsp3) is 0.581. The molecule has 1 aliphatic rings. The fourth-order valence-corrected chi connectivity index (χ4v) is 5.63. The van der Waals surface area contributed by atoms with E-state index in [-0.39, 0.29) is 41.9 Å². The summed E-state index contributed by atoms with van der Waals surface area (Å²) in [4.78, 5) is 17.9. The average molecular weight is 606 g/mol. The Morgan fingerprint density at radius 3 is 2.52 bits per heavy atom. The van der Waals surface area contributed by atoms with E-state index in [9.17, 15) is 18.3 Å². The van der Waals surface area contributed by atoms with Gasteiger partial charge < -0.3 is 24.2 Å². The number of sulfonamides is 1. The van der Waals surface area contributed by atoms with Crippen LogP contribution in [0.1, 0.15) is 56.0 Å². The lowest BCUT2D eigenvalue weighted by molar-refractivity contribution is -0.0177. The zero-order chi connectivity index (χ0) is 30.9. The van der Waals surface area contributed by atoms with Crippen LogP contribution < -0.4 is 14.2 Å². The summed E-state index contributed by atoms with van der Waals surface area (Å²) in [6, 6.07) is 12.2. The molecule has 1 aliphatic heterocycles. The van der Waals surface area contributed by atoms with Crippen LogP contribution in [0.25, 0.3) is 0 Å². The van der Waals surface area contributed by atoms with Crippen molar-refractivity contribution in [2.24, 2.45) is 5.92 Å². The molecule has 0 spiro atoms. The Morgan fingerprint density at radius 1 is 1.17 bits per heavy atom. The van der Waals surface area contributed by atoms with E-state index in [1.807, 2.05) is 31.2 Å². The number of rotatable bonds is 9. The fourth-order valence-electron chi connectivity index (χ4n) is 5.08. The van der Waals surface area contributed by atoms with Gasteiger partial charge in [0, 0.05) is 37.8 Å². The van der Waals surface area contributed by atoms with Crippen LogP contribution in [0.5, 0.6) is 11.5 Å². The second-order valence-electron chi connectivity index (χ2n) is 11.4. The standard InChI is InChI=1S/C31H47N3O7S/c1-22-18-34(23(2)21-35)31(36)28-17-26(32-42(6,37)38)12-15-29(28)41-24(3)9-7-8-16-40-30(22)20-33(4)19-25-10-13-27(39-5)14-11-25/h10-15,17,22-24,30,32,35H,7-9,16,18-21H2,1-6H3/t22-,23+,24-,30+/m0/s1. The number of anilines is 1. The molecule has 3 rings (SSSR count). The number of aliphatic hydroxyl groups is 1. The van der Waals surface area contributed by atoms with Gasteiger partial charge in [0.1, 0.15) is 11.5 Å². The van der Waals surface area contributed by atoms with Gasteiger partial charge in [0.05, 0.1) is 43.8 Å². The summed E-state index contributed by atoms with van der Waals surface area (Å²) < 4.78 is 44.2. The summed E-state index contributed by atoms with van der Waals surface area (Å²) in [5.74, 6) is 0.793. The predicted molar refractivity (Wildman–Crippen MR) is 165 cm³/mol. The van der Waals surface area contributed by atoms with Gasteiger partial charge >= 0.3 is 0 Å². The first kappa shape index (κ1) is 33.6. The first-order chi connectivity index (χ1) is 19.9. The van der Waals surface area contributed by atoms with Gasteiger partial charge in [0.15, 0.2) is 0 Å². The molecule has 0 unspecified atom stereocenters. The van der Waals surface area contributed by atoms with E-state index in [0.29, 0.717) is 25.4 Å². The van der Waals surface area contributed by atoms with Crippen molar-refractivity contribution < 1.29 is 32.5 Å².